The van der Waals surface area contributed by atoms with Crippen LogP contribution in [0.1, 0.15) is 71.9 Å². The third-order valence-corrected chi connectivity index (χ3v) is 9.02. The largest absolute Gasteiger partial charge is 0.371 e. The molecule has 1 saturated heterocycles. The van der Waals surface area contributed by atoms with Crippen LogP contribution in [0.5, 0.6) is 0 Å². The van der Waals surface area contributed by atoms with Crippen LogP contribution in [0.15, 0.2) is 54.6 Å². The van der Waals surface area contributed by atoms with E-state index in [1.807, 2.05) is 29.2 Å². The van der Waals surface area contributed by atoms with Gasteiger partial charge in [-0.2, -0.15) is 5.10 Å². The Hall–Kier alpha value is -4.27. The zero-order valence-corrected chi connectivity index (χ0v) is 23.1. The maximum Gasteiger partial charge on any atom is 0.273 e. The molecule has 4 aromatic rings. The highest BCUT2D eigenvalue weighted by molar-refractivity contribution is 5.93. The molecule has 2 aromatic carbocycles. The molecular weight excluding hydrogens is 519 g/mol. The number of amides is 2. The van der Waals surface area contributed by atoms with Gasteiger partial charge in [-0.05, 0) is 74.4 Å². The molecule has 3 aliphatic rings. The second-order valence-corrected chi connectivity index (χ2v) is 11.6. The number of aromatic nitrogens is 3. The summed E-state index contributed by atoms with van der Waals surface area (Å²) in [6.45, 7) is 4.03. The Bertz CT molecular complexity index is 1670. The molecule has 0 spiro atoms. The van der Waals surface area contributed by atoms with Crippen LogP contribution in [-0.2, 0) is 11.2 Å². The third kappa shape index (κ3) is 4.63. The van der Waals surface area contributed by atoms with Crippen molar-refractivity contribution in [2.75, 3.05) is 24.5 Å². The summed E-state index contributed by atoms with van der Waals surface area (Å²) < 4.78 is 17.3. The first-order valence-corrected chi connectivity index (χ1v) is 14.5. The molecule has 2 N–H and O–H groups in total. The first-order chi connectivity index (χ1) is 19.9. The second-order valence-electron chi connectivity index (χ2n) is 11.6. The van der Waals surface area contributed by atoms with E-state index in [0.29, 0.717) is 61.0 Å². The molecule has 0 unspecified atom stereocenters. The minimum atomic E-state index is -0.368. The van der Waals surface area contributed by atoms with Gasteiger partial charge >= 0.3 is 0 Å². The van der Waals surface area contributed by atoms with Crippen LogP contribution in [-0.4, -0.2) is 50.9 Å². The third-order valence-electron chi connectivity index (χ3n) is 9.02. The van der Waals surface area contributed by atoms with Gasteiger partial charge in [-0.1, -0.05) is 24.3 Å². The molecule has 2 aromatic heterocycles. The molecule has 2 fully saturated rings. The highest BCUT2D eigenvalue weighted by Crippen LogP contribution is 2.41. The summed E-state index contributed by atoms with van der Waals surface area (Å²) in [4.78, 5) is 34.0. The van der Waals surface area contributed by atoms with E-state index in [1.54, 1.807) is 16.6 Å². The summed E-state index contributed by atoms with van der Waals surface area (Å²) in [7, 11) is 0. The Labute approximate surface area is 238 Å². The number of fused-ring (bicyclic) bond motifs is 2. The number of hydrogen-bond acceptors (Lipinski definition) is 5. The van der Waals surface area contributed by atoms with Gasteiger partial charge in [0.2, 0.25) is 5.91 Å². The SMILES string of the molecule is C[C@@H]1c2ccccc2CCN1C(=O)c1cc(C2CC2)n2nc(-c3ccc(N4CCC(C(N)=O)CC4)cc3F)cc2n1. The number of rotatable bonds is 5. The van der Waals surface area contributed by atoms with E-state index in [-0.39, 0.29) is 29.6 Å². The van der Waals surface area contributed by atoms with E-state index in [2.05, 4.69) is 24.0 Å². The standard InChI is InChI=1S/C32H33FN6O2/c1-19-24-5-3-2-4-20(24)12-15-38(19)32(41)28-17-29(21-6-7-21)39-30(35-28)18-27(36-39)25-9-8-23(16-26(25)33)37-13-10-22(11-14-37)31(34)40/h2-5,8-9,16-19,21-22H,6-7,10-15H2,1H3,(H2,34,40)/t19-/m1/s1. The Morgan fingerprint density at radius 1 is 0.976 bits per heavy atom. The van der Waals surface area contributed by atoms with Crippen molar-refractivity contribution in [3.8, 4) is 11.3 Å². The topological polar surface area (TPSA) is 96.8 Å². The van der Waals surface area contributed by atoms with E-state index in [1.165, 1.54) is 17.2 Å². The van der Waals surface area contributed by atoms with Crippen LogP contribution < -0.4 is 10.6 Å². The molecule has 4 heterocycles. The zero-order chi connectivity index (χ0) is 28.2. The summed E-state index contributed by atoms with van der Waals surface area (Å²) in [6, 6.07) is 17.1. The van der Waals surface area contributed by atoms with Crippen LogP contribution in [0.25, 0.3) is 16.9 Å². The fourth-order valence-electron chi connectivity index (χ4n) is 6.44. The Morgan fingerprint density at radius 3 is 2.49 bits per heavy atom. The fourth-order valence-corrected chi connectivity index (χ4v) is 6.44. The number of carbonyl (C=O) groups excluding carboxylic acids is 2. The predicted octanol–water partition coefficient (Wildman–Crippen LogP) is 4.87. The van der Waals surface area contributed by atoms with Gasteiger partial charge in [-0.15, -0.1) is 0 Å². The molecule has 41 heavy (non-hydrogen) atoms. The van der Waals surface area contributed by atoms with Crippen LogP contribution >= 0.6 is 0 Å². The van der Waals surface area contributed by atoms with Gasteiger partial charge in [-0.3, -0.25) is 9.59 Å². The highest BCUT2D eigenvalue weighted by atomic mass is 19.1. The normalized spacial score (nSPS) is 19.4. The summed E-state index contributed by atoms with van der Waals surface area (Å²) in [5.74, 6) is -0.525. The first kappa shape index (κ1) is 25.7. The minimum Gasteiger partial charge on any atom is -0.371 e. The van der Waals surface area contributed by atoms with E-state index in [4.69, 9.17) is 15.8 Å². The van der Waals surface area contributed by atoms with Crippen molar-refractivity contribution < 1.29 is 14.0 Å². The Kier molecular flexibility index (Phi) is 6.25. The van der Waals surface area contributed by atoms with Crippen molar-refractivity contribution in [3.05, 3.63) is 82.9 Å². The Morgan fingerprint density at radius 2 is 1.76 bits per heavy atom. The molecule has 2 amide bonds. The number of benzene rings is 2. The lowest BCUT2D eigenvalue weighted by Crippen LogP contribution is -2.39. The maximum atomic E-state index is 15.5. The van der Waals surface area contributed by atoms with Crippen molar-refractivity contribution in [1.82, 2.24) is 19.5 Å². The molecule has 0 bridgehead atoms. The summed E-state index contributed by atoms with van der Waals surface area (Å²) >= 11 is 0. The quantitative estimate of drug-likeness (QED) is 0.381. The van der Waals surface area contributed by atoms with Gasteiger partial charge in [0.25, 0.3) is 5.91 Å². The number of halogens is 1. The summed E-state index contributed by atoms with van der Waals surface area (Å²) in [6.07, 6.45) is 4.23. The van der Waals surface area contributed by atoms with E-state index >= 15 is 4.39 Å². The monoisotopic (exact) mass is 552 g/mol. The van der Waals surface area contributed by atoms with Crippen molar-refractivity contribution in [2.24, 2.45) is 11.7 Å². The molecule has 0 radical (unpaired) electrons. The maximum absolute atomic E-state index is 15.5. The van der Waals surface area contributed by atoms with Crippen molar-refractivity contribution >= 4 is 23.1 Å². The smallest absolute Gasteiger partial charge is 0.273 e. The average molecular weight is 553 g/mol. The number of hydrogen-bond donors (Lipinski definition) is 1. The second kappa shape index (κ2) is 9.98. The number of primary amides is 1. The minimum absolute atomic E-state index is 0.0375. The molecule has 1 atom stereocenters. The molecule has 1 saturated carbocycles. The number of nitrogens with two attached hydrogens (primary N) is 1. The Balaban J connectivity index is 1.18. The van der Waals surface area contributed by atoms with Gasteiger partial charge in [0, 0.05) is 54.5 Å². The van der Waals surface area contributed by atoms with E-state index < -0.39 is 0 Å². The van der Waals surface area contributed by atoms with E-state index in [9.17, 15) is 9.59 Å². The van der Waals surface area contributed by atoms with Crippen LogP contribution in [0.3, 0.4) is 0 Å². The molecule has 2 aliphatic heterocycles. The van der Waals surface area contributed by atoms with Gasteiger partial charge in [0.15, 0.2) is 5.65 Å². The molecule has 9 heteroatoms. The molecule has 1 aliphatic carbocycles. The average Bonchev–Trinajstić information content (AvgIpc) is 3.75. The highest BCUT2D eigenvalue weighted by Gasteiger charge is 2.33. The number of carbonyl (C=O) groups is 2. The van der Waals surface area contributed by atoms with Crippen LogP contribution in [0.4, 0.5) is 10.1 Å². The number of anilines is 1. The van der Waals surface area contributed by atoms with Crippen LogP contribution in [0, 0.1) is 11.7 Å². The lowest BCUT2D eigenvalue weighted by atomic mass is 9.93. The van der Waals surface area contributed by atoms with Gasteiger partial charge < -0.3 is 15.5 Å². The zero-order valence-electron chi connectivity index (χ0n) is 23.1. The van der Waals surface area contributed by atoms with Crippen molar-refractivity contribution in [2.45, 2.75) is 51.0 Å². The molecule has 7 rings (SSSR count). The van der Waals surface area contributed by atoms with Crippen molar-refractivity contribution in [1.29, 1.82) is 0 Å². The van der Waals surface area contributed by atoms with Gasteiger partial charge in [-0.25, -0.2) is 13.9 Å². The van der Waals surface area contributed by atoms with Gasteiger partial charge in [0.05, 0.1) is 11.7 Å². The van der Waals surface area contributed by atoms with Gasteiger partial charge in [0.1, 0.15) is 11.5 Å². The number of piperidine rings is 1. The van der Waals surface area contributed by atoms with Crippen molar-refractivity contribution in [3.63, 3.8) is 0 Å². The summed E-state index contributed by atoms with van der Waals surface area (Å²) in [5, 5.41) is 4.76. The molecule has 210 valence electrons. The van der Waals surface area contributed by atoms with Crippen LogP contribution in [0.2, 0.25) is 0 Å². The lowest BCUT2D eigenvalue weighted by Gasteiger charge is -2.35. The lowest BCUT2D eigenvalue weighted by molar-refractivity contribution is -0.122. The number of nitrogens with zero attached hydrogens (tertiary/aromatic N) is 5. The fraction of sp³-hybridized carbons (Fsp3) is 0.375. The summed E-state index contributed by atoms with van der Waals surface area (Å²) in [5.41, 5.74) is 11.5. The first-order valence-electron chi connectivity index (χ1n) is 14.5. The molecular formula is C32H33FN6O2. The predicted molar refractivity (Wildman–Crippen MR) is 154 cm³/mol. The molecule has 8 nitrogen and oxygen atoms in total. The van der Waals surface area contributed by atoms with E-state index in [0.717, 1.165) is 30.6 Å².